The van der Waals surface area contributed by atoms with E-state index < -0.39 is 10.5 Å². The van der Waals surface area contributed by atoms with Gasteiger partial charge in [-0.15, -0.1) is 0 Å². The molecule has 76 valence electrons. The largest absolute Gasteiger partial charge is 0.334 e. The topological polar surface area (TPSA) is 77.2 Å². The lowest BCUT2D eigenvalue weighted by molar-refractivity contribution is -0.386. The molecule has 1 aromatic heterocycles. The highest BCUT2D eigenvalue weighted by molar-refractivity contribution is 5.24. The molecular weight excluding hydrogens is 186 g/mol. The average Bonchev–Trinajstić information content (AvgIpc) is 2.16. The van der Waals surface area contributed by atoms with Gasteiger partial charge in [-0.2, -0.15) is 0 Å². The highest BCUT2D eigenvalue weighted by atomic mass is 16.6. The molecular formula is C8H11N3O3. The van der Waals surface area contributed by atoms with E-state index in [9.17, 15) is 14.9 Å². The third-order valence-corrected chi connectivity index (χ3v) is 1.80. The van der Waals surface area contributed by atoms with Crippen molar-refractivity contribution in [3.63, 3.8) is 0 Å². The minimum atomic E-state index is -0.668. The summed E-state index contributed by atoms with van der Waals surface area (Å²) in [5.41, 5.74) is -0.948. The Hall–Kier alpha value is -1.69. The van der Waals surface area contributed by atoms with Gasteiger partial charge in [0.1, 0.15) is 0 Å². The van der Waals surface area contributed by atoms with E-state index in [4.69, 9.17) is 0 Å². The van der Waals surface area contributed by atoms with Crippen LogP contribution in [0.1, 0.15) is 0 Å². The van der Waals surface area contributed by atoms with E-state index in [1.165, 1.54) is 22.9 Å². The molecule has 0 unspecified atom stereocenters. The standard InChI is InChI=1S/C8H11N3O3/c1-9-4-6-10-5-2-3-7(8(10)12)11(13)14/h2-3,5,9H,4,6H2,1H3. The van der Waals surface area contributed by atoms with Crippen LogP contribution in [0.15, 0.2) is 23.1 Å². The smallest absolute Gasteiger partial charge is 0.318 e. The Morgan fingerprint density at radius 3 is 2.93 bits per heavy atom. The molecule has 0 aromatic carbocycles. The van der Waals surface area contributed by atoms with Gasteiger partial charge in [0.05, 0.1) is 4.92 Å². The van der Waals surface area contributed by atoms with Crippen molar-refractivity contribution in [1.29, 1.82) is 0 Å². The Labute approximate surface area is 80.3 Å². The lowest BCUT2D eigenvalue weighted by atomic mass is 10.4. The predicted molar refractivity (Wildman–Crippen MR) is 51.3 cm³/mol. The molecule has 0 radical (unpaired) electrons. The van der Waals surface area contributed by atoms with E-state index in [1.54, 1.807) is 7.05 Å². The van der Waals surface area contributed by atoms with Crippen LogP contribution in [0.25, 0.3) is 0 Å². The number of pyridine rings is 1. The van der Waals surface area contributed by atoms with Crippen LogP contribution < -0.4 is 10.9 Å². The van der Waals surface area contributed by atoms with Gasteiger partial charge in [-0.3, -0.25) is 14.9 Å². The molecule has 1 N–H and O–H groups in total. The van der Waals surface area contributed by atoms with Gasteiger partial charge in [0.15, 0.2) is 0 Å². The zero-order chi connectivity index (χ0) is 10.6. The summed E-state index contributed by atoms with van der Waals surface area (Å²) >= 11 is 0. The minimum absolute atomic E-state index is 0.386. The molecule has 1 heterocycles. The Morgan fingerprint density at radius 2 is 2.36 bits per heavy atom. The summed E-state index contributed by atoms with van der Waals surface area (Å²) in [6.45, 7) is 1.03. The lowest BCUT2D eigenvalue weighted by Gasteiger charge is -2.03. The Bertz CT molecular complexity index is 386. The summed E-state index contributed by atoms with van der Waals surface area (Å²) < 4.78 is 1.31. The number of nitrogens with one attached hydrogen (secondary N) is 1. The molecule has 0 spiro atoms. The fraction of sp³-hybridized carbons (Fsp3) is 0.375. The average molecular weight is 197 g/mol. The zero-order valence-electron chi connectivity index (χ0n) is 7.77. The van der Waals surface area contributed by atoms with Gasteiger partial charge in [-0.25, -0.2) is 0 Å². The number of hydrogen-bond acceptors (Lipinski definition) is 4. The summed E-state index contributed by atoms with van der Waals surface area (Å²) in [6.07, 6.45) is 1.53. The maximum Gasteiger partial charge on any atom is 0.334 e. The first kappa shape index (κ1) is 10.4. The van der Waals surface area contributed by atoms with Crippen molar-refractivity contribution in [3.05, 3.63) is 38.8 Å². The van der Waals surface area contributed by atoms with Gasteiger partial charge >= 0.3 is 11.2 Å². The second kappa shape index (κ2) is 4.52. The van der Waals surface area contributed by atoms with E-state index in [-0.39, 0.29) is 5.69 Å². The van der Waals surface area contributed by atoms with Crippen LogP contribution >= 0.6 is 0 Å². The van der Waals surface area contributed by atoms with E-state index >= 15 is 0 Å². The highest BCUT2D eigenvalue weighted by Crippen LogP contribution is 2.01. The summed E-state index contributed by atoms with van der Waals surface area (Å²) in [4.78, 5) is 21.2. The molecule has 0 bridgehead atoms. The summed E-state index contributed by atoms with van der Waals surface area (Å²) in [5.74, 6) is 0. The normalized spacial score (nSPS) is 10.1. The van der Waals surface area contributed by atoms with E-state index in [1.807, 2.05) is 0 Å². The number of nitrogens with zero attached hydrogens (tertiary/aromatic N) is 2. The van der Waals surface area contributed by atoms with Crippen LogP contribution in [0.5, 0.6) is 0 Å². The fourth-order valence-corrected chi connectivity index (χ4v) is 1.07. The molecule has 6 heteroatoms. The predicted octanol–water partition coefficient (Wildman–Crippen LogP) is -0.0241. The van der Waals surface area contributed by atoms with Gasteiger partial charge in [0, 0.05) is 25.4 Å². The van der Waals surface area contributed by atoms with Gasteiger partial charge in [-0.05, 0) is 13.1 Å². The quantitative estimate of drug-likeness (QED) is 0.543. The van der Waals surface area contributed by atoms with Crippen LogP contribution in [0.4, 0.5) is 5.69 Å². The van der Waals surface area contributed by atoms with Crippen molar-refractivity contribution in [1.82, 2.24) is 9.88 Å². The third kappa shape index (κ3) is 2.17. The van der Waals surface area contributed by atoms with Crippen LogP contribution in [0.3, 0.4) is 0 Å². The Kier molecular flexibility index (Phi) is 3.35. The molecule has 0 aliphatic rings. The number of likely N-dealkylation sites (N-methyl/N-ethyl adjacent to an activating group) is 1. The second-order valence-electron chi connectivity index (χ2n) is 2.75. The van der Waals surface area contributed by atoms with Crippen molar-refractivity contribution in [3.8, 4) is 0 Å². The third-order valence-electron chi connectivity index (χ3n) is 1.80. The minimum Gasteiger partial charge on any atom is -0.318 e. The molecule has 0 saturated carbocycles. The summed E-state index contributed by atoms with van der Waals surface area (Å²) in [6, 6.07) is 2.70. The molecule has 0 saturated heterocycles. The van der Waals surface area contributed by atoms with E-state index in [2.05, 4.69) is 5.32 Å². The second-order valence-corrected chi connectivity index (χ2v) is 2.75. The van der Waals surface area contributed by atoms with Crippen LogP contribution in [-0.4, -0.2) is 23.1 Å². The number of nitro groups is 1. The van der Waals surface area contributed by atoms with Crippen molar-refractivity contribution in [2.45, 2.75) is 6.54 Å². The van der Waals surface area contributed by atoms with Crippen molar-refractivity contribution >= 4 is 5.69 Å². The van der Waals surface area contributed by atoms with Crippen molar-refractivity contribution < 1.29 is 4.92 Å². The van der Waals surface area contributed by atoms with Gasteiger partial charge in [-0.1, -0.05) is 0 Å². The van der Waals surface area contributed by atoms with Crippen LogP contribution in [0.2, 0.25) is 0 Å². The van der Waals surface area contributed by atoms with E-state index in [0.717, 1.165) is 0 Å². The molecule has 1 aromatic rings. The number of rotatable bonds is 4. The van der Waals surface area contributed by atoms with Gasteiger partial charge in [0.2, 0.25) is 0 Å². The summed E-state index contributed by atoms with van der Waals surface area (Å²) in [5, 5.41) is 13.3. The highest BCUT2D eigenvalue weighted by Gasteiger charge is 2.12. The molecule has 0 atom stereocenters. The molecule has 1 rings (SSSR count). The van der Waals surface area contributed by atoms with Gasteiger partial charge in [0.25, 0.3) is 0 Å². The number of aromatic nitrogens is 1. The van der Waals surface area contributed by atoms with Crippen molar-refractivity contribution in [2.24, 2.45) is 0 Å². The first-order valence-electron chi connectivity index (χ1n) is 4.15. The van der Waals surface area contributed by atoms with Gasteiger partial charge < -0.3 is 9.88 Å². The molecule has 6 nitrogen and oxygen atoms in total. The lowest BCUT2D eigenvalue weighted by Crippen LogP contribution is -2.26. The molecule has 14 heavy (non-hydrogen) atoms. The Morgan fingerprint density at radius 1 is 1.64 bits per heavy atom. The van der Waals surface area contributed by atoms with Crippen LogP contribution in [-0.2, 0) is 6.54 Å². The van der Waals surface area contributed by atoms with E-state index in [0.29, 0.717) is 13.1 Å². The zero-order valence-corrected chi connectivity index (χ0v) is 7.77. The van der Waals surface area contributed by atoms with Crippen molar-refractivity contribution in [2.75, 3.05) is 13.6 Å². The molecule has 0 aliphatic heterocycles. The van der Waals surface area contributed by atoms with Crippen LogP contribution in [0, 0.1) is 10.1 Å². The first-order valence-corrected chi connectivity index (χ1v) is 4.15. The molecule has 0 amide bonds. The summed E-state index contributed by atoms with van der Waals surface area (Å²) in [7, 11) is 1.75. The first-order chi connectivity index (χ1) is 6.66. The number of hydrogen-bond donors (Lipinski definition) is 1. The SMILES string of the molecule is CNCCn1cccc([N+](=O)[O-])c1=O. The Balaban J connectivity index is 3.02. The maximum atomic E-state index is 11.4. The molecule has 0 fully saturated rings. The fourth-order valence-electron chi connectivity index (χ4n) is 1.07. The molecule has 0 aliphatic carbocycles. The monoisotopic (exact) mass is 197 g/mol. The maximum absolute atomic E-state index is 11.4.